The quantitative estimate of drug-likeness (QED) is 0.558. The number of carboxylic acid groups (broad SMARTS) is 1. The van der Waals surface area contributed by atoms with Crippen LogP contribution in [0, 0.1) is 0 Å². The lowest BCUT2D eigenvalue weighted by Gasteiger charge is -2.16. The fraction of sp³-hybridized carbons (Fsp3) is 0.800. The van der Waals surface area contributed by atoms with Crippen LogP contribution in [-0.2, 0) is 0 Å². The lowest BCUT2D eigenvalue weighted by molar-refractivity contribution is 0.145. The van der Waals surface area contributed by atoms with Crippen LogP contribution >= 0.6 is 0 Å². The summed E-state index contributed by atoms with van der Waals surface area (Å²) >= 11 is 0. The second-order valence-electron chi connectivity index (χ2n) is 1.97. The van der Waals surface area contributed by atoms with Crippen molar-refractivity contribution in [3.8, 4) is 0 Å². The summed E-state index contributed by atoms with van der Waals surface area (Å²) in [4.78, 5) is 11.8. The summed E-state index contributed by atoms with van der Waals surface area (Å²) in [6, 6.07) is 0.0860. The highest BCUT2D eigenvalue weighted by atomic mass is 16.4. The summed E-state index contributed by atoms with van der Waals surface area (Å²) in [5, 5.41) is 3.71. The first-order valence-electron chi connectivity index (χ1n) is 2.90. The highest BCUT2D eigenvalue weighted by Gasteiger charge is 2.07. The maximum Gasteiger partial charge on any atom is 0.407 e. The number of nitrogens with zero attached hydrogens (tertiary/aromatic N) is 1. The standard InChI is InChI=1S/C5H11NO2/c1-4(2)6(3)5(7)8/h4H,1-3H3,(H,7,8)/i/hD. The molecule has 3 heteroatoms. The van der Waals surface area contributed by atoms with Gasteiger partial charge in [-0.3, -0.25) is 0 Å². The van der Waals surface area contributed by atoms with Crippen molar-refractivity contribution in [2.45, 2.75) is 19.9 Å². The Hall–Kier alpha value is -0.730. The molecule has 0 saturated carbocycles. The summed E-state index contributed by atoms with van der Waals surface area (Å²) < 4.78 is 6.24. The van der Waals surface area contributed by atoms with Crippen LogP contribution in [0.1, 0.15) is 13.8 Å². The van der Waals surface area contributed by atoms with Crippen LogP contribution in [0.3, 0.4) is 0 Å². The molecule has 0 heterocycles. The SMILES string of the molecule is [2H]OC(=O)N(C)C(C)C. The predicted molar refractivity (Wildman–Crippen MR) is 30.9 cm³/mol. The molecule has 1 amide bonds. The molecule has 0 atom stereocenters. The van der Waals surface area contributed by atoms with Gasteiger partial charge < -0.3 is 10.0 Å². The van der Waals surface area contributed by atoms with Gasteiger partial charge in [0.15, 0.2) is 0 Å². The van der Waals surface area contributed by atoms with Gasteiger partial charge >= 0.3 is 6.09 Å². The van der Waals surface area contributed by atoms with Crippen molar-refractivity contribution in [3.63, 3.8) is 0 Å². The van der Waals surface area contributed by atoms with Crippen LogP contribution in [0.15, 0.2) is 0 Å². The first kappa shape index (κ1) is 5.41. The minimum Gasteiger partial charge on any atom is -0.465 e. The van der Waals surface area contributed by atoms with Crippen molar-refractivity contribution < 1.29 is 9.90 Å². The molecule has 1 N–H and O–H groups in total. The van der Waals surface area contributed by atoms with Gasteiger partial charge in [0.05, 0.1) is 0 Å². The Kier molecular flexibility index (Phi) is 1.72. The van der Waals surface area contributed by atoms with Crippen LogP contribution in [0.25, 0.3) is 1.43 Å². The Labute approximate surface area is 50.4 Å². The zero-order valence-electron chi connectivity index (χ0n) is 6.34. The molecule has 0 aromatic rings. The van der Waals surface area contributed by atoms with E-state index in [0.29, 0.717) is 0 Å². The van der Waals surface area contributed by atoms with E-state index in [1.54, 1.807) is 7.05 Å². The number of hydrogen-bond acceptors (Lipinski definition) is 2. The second-order valence-corrected chi connectivity index (χ2v) is 1.97. The van der Waals surface area contributed by atoms with E-state index in [9.17, 15) is 4.79 Å². The second kappa shape index (κ2) is 2.55. The van der Waals surface area contributed by atoms with E-state index in [4.69, 9.17) is 1.43 Å². The van der Waals surface area contributed by atoms with Crippen molar-refractivity contribution >= 4 is 6.09 Å². The third kappa shape index (κ3) is 1.82. The molecule has 0 aliphatic heterocycles. The van der Waals surface area contributed by atoms with Crippen molar-refractivity contribution in [2.24, 2.45) is 0 Å². The molecule has 0 aromatic heterocycles. The molecule has 8 heavy (non-hydrogen) atoms. The van der Waals surface area contributed by atoms with Crippen LogP contribution < -0.4 is 0 Å². The monoisotopic (exact) mass is 118 g/mol. The van der Waals surface area contributed by atoms with Gasteiger partial charge in [0.2, 0.25) is 0 Å². The lowest BCUT2D eigenvalue weighted by Crippen LogP contribution is -2.31. The smallest absolute Gasteiger partial charge is 0.407 e. The molecule has 48 valence electrons. The number of hydrogen-bond donors (Lipinski definition) is 1. The predicted octanol–water partition coefficient (Wildman–Crippen LogP) is 1.00. The molecule has 0 rings (SSSR count). The average molecular weight is 118 g/mol. The minimum atomic E-state index is -0.620. The molecule has 0 unspecified atom stereocenters. The molecular weight excluding hydrogens is 106 g/mol. The molecule has 0 fully saturated rings. The van der Waals surface area contributed by atoms with Gasteiger partial charge in [-0.1, -0.05) is 0 Å². The summed E-state index contributed by atoms with van der Waals surface area (Å²) in [7, 11) is 1.58. The van der Waals surface area contributed by atoms with E-state index < -0.39 is 6.09 Å². The Bertz CT molecular complexity index is 105. The van der Waals surface area contributed by atoms with E-state index in [1.165, 1.54) is 4.90 Å². The molecule has 0 radical (unpaired) electrons. The van der Waals surface area contributed by atoms with Gasteiger partial charge in [-0.05, 0) is 13.8 Å². The molecule has 0 saturated heterocycles. The van der Waals surface area contributed by atoms with Crippen LogP contribution in [0.5, 0.6) is 0 Å². The molecule has 0 bridgehead atoms. The van der Waals surface area contributed by atoms with Crippen LogP contribution in [0.4, 0.5) is 4.79 Å². The zero-order valence-corrected chi connectivity index (χ0v) is 5.34. The van der Waals surface area contributed by atoms with E-state index in [-0.39, 0.29) is 6.04 Å². The van der Waals surface area contributed by atoms with E-state index in [0.717, 1.165) is 0 Å². The molecule has 0 aliphatic carbocycles. The molecule has 3 nitrogen and oxygen atoms in total. The summed E-state index contributed by atoms with van der Waals surface area (Å²) in [6.07, 6.45) is -0.620. The third-order valence-electron chi connectivity index (χ3n) is 1.06. The third-order valence-corrected chi connectivity index (χ3v) is 1.06. The number of rotatable bonds is 1. The molecular formula is C5H11NO2. The highest BCUT2D eigenvalue weighted by molar-refractivity contribution is 5.64. The Morgan fingerprint density at radius 2 is 2.38 bits per heavy atom. The van der Waals surface area contributed by atoms with E-state index in [2.05, 4.69) is 5.11 Å². The largest absolute Gasteiger partial charge is 0.465 e. The first-order chi connectivity index (χ1) is 4.09. The maximum absolute atomic E-state index is 10.5. The van der Waals surface area contributed by atoms with Gasteiger partial charge in [0.25, 0.3) is 1.43 Å². The molecule has 0 aliphatic rings. The van der Waals surface area contributed by atoms with Gasteiger partial charge in [-0.25, -0.2) is 4.79 Å². The van der Waals surface area contributed by atoms with Gasteiger partial charge in [0.1, 0.15) is 0 Å². The van der Waals surface area contributed by atoms with Crippen molar-refractivity contribution in [1.29, 1.82) is 1.43 Å². The normalized spacial score (nSPS) is 10.8. The van der Waals surface area contributed by atoms with Crippen molar-refractivity contribution in [2.75, 3.05) is 7.05 Å². The summed E-state index contributed by atoms with van der Waals surface area (Å²) in [5.41, 5.74) is 0. The minimum absolute atomic E-state index is 0.0860. The lowest BCUT2D eigenvalue weighted by atomic mass is 10.4. The average Bonchev–Trinajstić information content (AvgIpc) is 1.84. The van der Waals surface area contributed by atoms with Crippen LogP contribution in [-0.4, -0.2) is 29.2 Å². The summed E-state index contributed by atoms with van der Waals surface area (Å²) in [6.45, 7) is 3.69. The Balaban J connectivity index is 3.72. The van der Waals surface area contributed by atoms with Crippen LogP contribution in [0.2, 0.25) is 0 Å². The Morgan fingerprint density at radius 1 is 1.88 bits per heavy atom. The van der Waals surface area contributed by atoms with Gasteiger partial charge in [-0.2, -0.15) is 0 Å². The van der Waals surface area contributed by atoms with Gasteiger partial charge in [0, 0.05) is 13.1 Å². The molecule has 0 aromatic carbocycles. The van der Waals surface area contributed by atoms with Crippen molar-refractivity contribution in [1.82, 2.24) is 4.90 Å². The Morgan fingerprint density at radius 3 is 2.50 bits per heavy atom. The highest BCUT2D eigenvalue weighted by Crippen LogP contribution is 1.91. The maximum atomic E-state index is 10.5. The molecule has 0 spiro atoms. The number of carbonyl (C=O) groups is 1. The van der Waals surface area contributed by atoms with Gasteiger partial charge in [-0.15, -0.1) is 0 Å². The van der Waals surface area contributed by atoms with E-state index in [1.807, 2.05) is 13.8 Å². The topological polar surface area (TPSA) is 40.5 Å². The summed E-state index contributed by atoms with van der Waals surface area (Å²) in [5.74, 6) is 0. The fourth-order valence-electron chi connectivity index (χ4n) is 0.211. The van der Waals surface area contributed by atoms with Crippen molar-refractivity contribution in [3.05, 3.63) is 0 Å². The van der Waals surface area contributed by atoms with E-state index >= 15 is 0 Å². The zero-order chi connectivity index (χ0) is 7.44. The number of amides is 1. The first-order valence-corrected chi connectivity index (χ1v) is 2.49. The fourth-order valence-corrected chi connectivity index (χ4v) is 0.211.